The summed E-state index contributed by atoms with van der Waals surface area (Å²) in [7, 11) is 2.90. The van der Waals surface area contributed by atoms with Crippen LogP contribution in [-0.4, -0.2) is 42.9 Å². The summed E-state index contributed by atoms with van der Waals surface area (Å²) in [5.74, 6) is -0.336. The van der Waals surface area contributed by atoms with E-state index in [9.17, 15) is 9.59 Å². The van der Waals surface area contributed by atoms with Crippen LogP contribution in [0.4, 0.5) is 4.79 Å². The van der Waals surface area contributed by atoms with Gasteiger partial charge in [-0.15, -0.1) is 11.3 Å². The van der Waals surface area contributed by atoms with E-state index in [4.69, 9.17) is 9.57 Å². The molecule has 0 aromatic carbocycles. The predicted octanol–water partition coefficient (Wildman–Crippen LogP) is 2.20. The zero-order valence-corrected chi connectivity index (χ0v) is 13.8. The Labute approximate surface area is 129 Å². The highest BCUT2D eigenvalue weighted by atomic mass is 32.1. The minimum atomic E-state index is -0.733. The molecular weight excluding hydrogens is 292 g/mol. The van der Waals surface area contributed by atoms with Gasteiger partial charge in [-0.05, 0) is 32.2 Å². The van der Waals surface area contributed by atoms with Crippen LogP contribution < -0.4 is 5.32 Å². The molecule has 6 nitrogen and oxygen atoms in total. The lowest BCUT2D eigenvalue weighted by atomic mass is 10.1. The standard InChI is InChI=1S/C14H22N2O4S/c1-14(2,3)20-13(18)15-11(12(17)16(4)19-5)9-10-7-6-8-21-10/h6-8,11H,9H2,1-5H3,(H,15,18). The average Bonchev–Trinajstić information content (AvgIpc) is 2.86. The third kappa shape index (κ3) is 6.14. The smallest absolute Gasteiger partial charge is 0.408 e. The molecule has 0 aliphatic heterocycles. The maximum atomic E-state index is 12.2. The normalized spacial score (nSPS) is 12.6. The number of hydrogen-bond acceptors (Lipinski definition) is 5. The van der Waals surface area contributed by atoms with E-state index < -0.39 is 17.7 Å². The zero-order valence-electron chi connectivity index (χ0n) is 13.0. The highest BCUT2D eigenvalue weighted by molar-refractivity contribution is 7.09. The van der Waals surface area contributed by atoms with Gasteiger partial charge in [0.1, 0.15) is 11.6 Å². The summed E-state index contributed by atoms with van der Waals surface area (Å²) in [5.41, 5.74) is -0.617. The van der Waals surface area contributed by atoms with Gasteiger partial charge in [0.25, 0.3) is 5.91 Å². The van der Waals surface area contributed by atoms with Crippen molar-refractivity contribution in [3.63, 3.8) is 0 Å². The number of carbonyl (C=O) groups excluding carboxylic acids is 2. The molecule has 1 aromatic heterocycles. The summed E-state index contributed by atoms with van der Waals surface area (Å²) in [4.78, 5) is 30.0. The molecule has 1 rings (SSSR count). The summed E-state index contributed by atoms with van der Waals surface area (Å²) < 4.78 is 5.19. The van der Waals surface area contributed by atoms with Crippen LogP contribution >= 0.6 is 11.3 Å². The number of hydrogen-bond donors (Lipinski definition) is 1. The molecular formula is C14H22N2O4S. The van der Waals surface area contributed by atoms with Gasteiger partial charge in [-0.2, -0.15) is 0 Å². The molecule has 7 heteroatoms. The van der Waals surface area contributed by atoms with Gasteiger partial charge in [-0.1, -0.05) is 6.07 Å². The number of nitrogens with zero attached hydrogens (tertiary/aromatic N) is 1. The minimum Gasteiger partial charge on any atom is -0.444 e. The Hall–Kier alpha value is -1.60. The number of carbonyl (C=O) groups is 2. The van der Waals surface area contributed by atoms with E-state index in [1.54, 1.807) is 20.8 Å². The second-order valence-corrected chi connectivity index (χ2v) is 6.53. The number of nitrogens with one attached hydrogen (secondary N) is 1. The second kappa shape index (κ2) is 7.42. The van der Waals surface area contributed by atoms with Crippen LogP contribution in [0.15, 0.2) is 17.5 Å². The van der Waals surface area contributed by atoms with Gasteiger partial charge in [0.15, 0.2) is 0 Å². The van der Waals surface area contributed by atoms with E-state index in [1.165, 1.54) is 25.5 Å². The van der Waals surface area contributed by atoms with Crippen molar-refractivity contribution < 1.29 is 19.2 Å². The van der Waals surface area contributed by atoms with Crippen molar-refractivity contribution in [3.8, 4) is 0 Å². The SMILES string of the molecule is CON(C)C(=O)C(Cc1cccs1)NC(=O)OC(C)(C)C. The molecule has 118 valence electrons. The Kier molecular flexibility index (Phi) is 6.17. The summed E-state index contributed by atoms with van der Waals surface area (Å²) in [5, 5.41) is 5.62. The molecule has 0 saturated carbocycles. The Balaban J connectivity index is 2.76. The fourth-order valence-corrected chi connectivity index (χ4v) is 2.34. The van der Waals surface area contributed by atoms with Crippen molar-refractivity contribution in [1.82, 2.24) is 10.4 Å². The van der Waals surface area contributed by atoms with Crippen molar-refractivity contribution in [3.05, 3.63) is 22.4 Å². The first kappa shape index (κ1) is 17.5. The van der Waals surface area contributed by atoms with E-state index >= 15 is 0 Å². The lowest BCUT2D eigenvalue weighted by Crippen LogP contribution is -2.49. The fourth-order valence-electron chi connectivity index (χ4n) is 1.59. The predicted molar refractivity (Wildman–Crippen MR) is 81.0 cm³/mol. The Morgan fingerprint density at radius 1 is 1.43 bits per heavy atom. The molecule has 1 heterocycles. The van der Waals surface area contributed by atoms with Crippen LogP contribution in [0.5, 0.6) is 0 Å². The number of thiophene rings is 1. The van der Waals surface area contributed by atoms with Gasteiger partial charge in [-0.25, -0.2) is 9.86 Å². The molecule has 0 spiro atoms. The summed E-state index contributed by atoms with van der Waals surface area (Å²) >= 11 is 1.52. The molecule has 0 aliphatic rings. The van der Waals surface area contributed by atoms with Gasteiger partial charge < -0.3 is 10.1 Å². The van der Waals surface area contributed by atoms with Gasteiger partial charge >= 0.3 is 6.09 Å². The summed E-state index contributed by atoms with van der Waals surface area (Å²) in [6.45, 7) is 5.30. The van der Waals surface area contributed by atoms with E-state index in [0.29, 0.717) is 6.42 Å². The Bertz CT molecular complexity index is 468. The summed E-state index contributed by atoms with van der Waals surface area (Å²) in [6, 6.07) is 3.08. The molecule has 0 radical (unpaired) electrons. The van der Waals surface area contributed by atoms with E-state index in [-0.39, 0.29) is 5.91 Å². The quantitative estimate of drug-likeness (QED) is 0.846. The number of rotatable bonds is 5. The van der Waals surface area contributed by atoms with Gasteiger partial charge in [-0.3, -0.25) is 9.63 Å². The van der Waals surface area contributed by atoms with Crippen molar-refractivity contribution in [2.45, 2.75) is 38.8 Å². The first-order valence-corrected chi connectivity index (χ1v) is 7.44. The Morgan fingerprint density at radius 3 is 2.57 bits per heavy atom. The lowest BCUT2D eigenvalue weighted by Gasteiger charge is -2.25. The minimum absolute atomic E-state index is 0.336. The largest absolute Gasteiger partial charge is 0.444 e. The molecule has 1 atom stereocenters. The number of amides is 2. The van der Waals surface area contributed by atoms with Crippen molar-refractivity contribution in [2.24, 2.45) is 0 Å². The number of ether oxygens (including phenoxy) is 1. The van der Waals surface area contributed by atoms with Crippen molar-refractivity contribution in [2.75, 3.05) is 14.2 Å². The molecule has 1 unspecified atom stereocenters. The average molecular weight is 314 g/mol. The van der Waals surface area contributed by atoms with E-state index in [2.05, 4.69) is 5.32 Å². The third-order valence-corrected chi connectivity index (χ3v) is 3.46. The van der Waals surface area contributed by atoms with Gasteiger partial charge in [0.2, 0.25) is 0 Å². The third-order valence-electron chi connectivity index (χ3n) is 2.56. The first-order valence-electron chi connectivity index (χ1n) is 6.56. The van der Waals surface area contributed by atoms with Crippen LogP contribution in [-0.2, 0) is 20.8 Å². The molecule has 0 fully saturated rings. The van der Waals surface area contributed by atoms with Crippen molar-refractivity contribution >= 4 is 23.3 Å². The van der Waals surface area contributed by atoms with E-state index in [0.717, 1.165) is 9.94 Å². The lowest BCUT2D eigenvalue weighted by molar-refractivity contribution is -0.170. The zero-order chi connectivity index (χ0) is 16.0. The summed E-state index contributed by atoms with van der Waals surface area (Å²) in [6.07, 6.45) is -0.231. The highest BCUT2D eigenvalue weighted by Gasteiger charge is 2.27. The molecule has 21 heavy (non-hydrogen) atoms. The van der Waals surface area contributed by atoms with Crippen LogP contribution in [0.2, 0.25) is 0 Å². The van der Waals surface area contributed by atoms with Crippen molar-refractivity contribution in [1.29, 1.82) is 0 Å². The van der Waals surface area contributed by atoms with Crippen LogP contribution in [0, 0.1) is 0 Å². The number of alkyl carbamates (subject to hydrolysis) is 1. The monoisotopic (exact) mass is 314 g/mol. The maximum absolute atomic E-state index is 12.2. The number of likely N-dealkylation sites (N-methyl/N-ethyl adjacent to an activating group) is 1. The molecule has 0 aliphatic carbocycles. The second-order valence-electron chi connectivity index (χ2n) is 5.50. The van der Waals surface area contributed by atoms with Crippen LogP contribution in [0.1, 0.15) is 25.6 Å². The molecule has 1 N–H and O–H groups in total. The first-order chi connectivity index (χ1) is 9.73. The molecule has 2 amide bonds. The van der Waals surface area contributed by atoms with Crippen LogP contribution in [0.3, 0.4) is 0 Å². The molecule has 1 aromatic rings. The van der Waals surface area contributed by atoms with Gasteiger partial charge in [0.05, 0.1) is 7.11 Å². The van der Waals surface area contributed by atoms with Crippen LogP contribution in [0.25, 0.3) is 0 Å². The van der Waals surface area contributed by atoms with Gasteiger partial charge in [0, 0.05) is 18.3 Å². The number of hydroxylamine groups is 2. The highest BCUT2D eigenvalue weighted by Crippen LogP contribution is 2.13. The fraction of sp³-hybridized carbons (Fsp3) is 0.571. The molecule has 0 saturated heterocycles. The Morgan fingerprint density at radius 2 is 2.10 bits per heavy atom. The molecule has 0 bridgehead atoms. The topological polar surface area (TPSA) is 67.9 Å². The van der Waals surface area contributed by atoms with E-state index in [1.807, 2.05) is 17.5 Å². The maximum Gasteiger partial charge on any atom is 0.408 e.